The van der Waals surface area contributed by atoms with Crippen molar-refractivity contribution in [2.45, 2.75) is 33.2 Å². The molecule has 0 aromatic heterocycles. The van der Waals surface area contributed by atoms with Crippen LogP contribution in [0.1, 0.15) is 25.8 Å². The first kappa shape index (κ1) is 14.3. The van der Waals surface area contributed by atoms with Gasteiger partial charge in [-0.1, -0.05) is 6.07 Å². The molecule has 0 fully saturated rings. The predicted molar refractivity (Wildman–Crippen MR) is 80.3 cm³/mol. The maximum atomic E-state index is 11.4. The van der Waals surface area contributed by atoms with Crippen LogP contribution in [0.25, 0.3) is 0 Å². The third-order valence-electron chi connectivity index (χ3n) is 2.30. The summed E-state index contributed by atoms with van der Waals surface area (Å²) in [6.45, 7) is 6.68. The Labute approximate surface area is 117 Å². The van der Waals surface area contributed by atoms with Gasteiger partial charge in [0.1, 0.15) is 0 Å². The fourth-order valence-electron chi connectivity index (χ4n) is 1.42. The van der Waals surface area contributed by atoms with Crippen LogP contribution < -0.4 is 10.6 Å². The summed E-state index contributed by atoms with van der Waals surface area (Å²) in [7, 11) is 0. The third kappa shape index (κ3) is 5.39. The number of benzene rings is 1. The van der Waals surface area contributed by atoms with E-state index in [9.17, 15) is 4.79 Å². The molecule has 0 aliphatic heterocycles. The number of carbonyl (C=O) groups excluding carboxylic acids is 1. The fourth-order valence-corrected chi connectivity index (χ4v) is 1.93. The topological polar surface area (TPSA) is 41.1 Å². The van der Waals surface area contributed by atoms with Gasteiger partial charge in [0, 0.05) is 28.3 Å². The second kappa shape index (κ2) is 6.83. The van der Waals surface area contributed by atoms with Crippen molar-refractivity contribution in [3.05, 3.63) is 27.3 Å². The lowest BCUT2D eigenvalue weighted by Gasteiger charge is -2.10. The quantitative estimate of drug-likeness (QED) is 0.805. The van der Waals surface area contributed by atoms with Crippen LogP contribution in [0, 0.1) is 10.5 Å². The number of rotatable bonds is 5. The van der Waals surface area contributed by atoms with E-state index in [0.29, 0.717) is 13.0 Å². The standard InChI is InChI=1S/C13H19IN2O/c1-9(2)16-13(17)6-7-15-11-5-4-10(3)12(14)8-11/h4-5,8-9,15H,6-7H2,1-3H3,(H,16,17). The number of nitrogens with one attached hydrogen (secondary N) is 2. The highest BCUT2D eigenvalue weighted by Gasteiger charge is 2.03. The van der Waals surface area contributed by atoms with Gasteiger partial charge in [-0.15, -0.1) is 0 Å². The number of aryl methyl sites for hydroxylation is 1. The van der Waals surface area contributed by atoms with E-state index in [4.69, 9.17) is 0 Å². The Balaban J connectivity index is 2.36. The smallest absolute Gasteiger partial charge is 0.221 e. The lowest BCUT2D eigenvalue weighted by atomic mass is 10.2. The van der Waals surface area contributed by atoms with Crippen LogP contribution in [-0.2, 0) is 4.79 Å². The summed E-state index contributed by atoms with van der Waals surface area (Å²) in [5.74, 6) is 0.0920. The summed E-state index contributed by atoms with van der Waals surface area (Å²) in [5, 5.41) is 6.12. The van der Waals surface area contributed by atoms with Crippen molar-refractivity contribution in [3.8, 4) is 0 Å². The van der Waals surface area contributed by atoms with Gasteiger partial charge in [0.15, 0.2) is 0 Å². The van der Waals surface area contributed by atoms with Crippen LogP contribution in [0.2, 0.25) is 0 Å². The van der Waals surface area contributed by atoms with Crippen molar-refractivity contribution in [1.29, 1.82) is 0 Å². The summed E-state index contributed by atoms with van der Waals surface area (Å²) in [4.78, 5) is 11.4. The van der Waals surface area contributed by atoms with E-state index >= 15 is 0 Å². The minimum absolute atomic E-state index is 0.0920. The first-order valence-corrected chi connectivity index (χ1v) is 6.86. The van der Waals surface area contributed by atoms with Gasteiger partial charge in [0.2, 0.25) is 5.91 Å². The summed E-state index contributed by atoms with van der Waals surface area (Å²) >= 11 is 2.31. The number of hydrogen-bond donors (Lipinski definition) is 2. The van der Waals surface area contributed by atoms with Gasteiger partial charge in [-0.25, -0.2) is 0 Å². The normalized spacial score (nSPS) is 10.4. The van der Waals surface area contributed by atoms with Crippen LogP contribution >= 0.6 is 22.6 Å². The molecule has 0 spiro atoms. The zero-order valence-corrected chi connectivity index (χ0v) is 12.7. The van der Waals surface area contributed by atoms with Gasteiger partial charge in [-0.3, -0.25) is 4.79 Å². The number of hydrogen-bond acceptors (Lipinski definition) is 2. The number of carbonyl (C=O) groups is 1. The van der Waals surface area contributed by atoms with Crippen molar-refractivity contribution >= 4 is 34.2 Å². The molecule has 1 amide bonds. The van der Waals surface area contributed by atoms with Crippen LogP contribution in [0.3, 0.4) is 0 Å². The van der Waals surface area contributed by atoms with Crippen molar-refractivity contribution in [3.63, 3.8) is 0 Å². The largest absolute Gasteiger partial charge is 0.384 e. The van der Waals surface area contributed by atoms with E-state index in [1.54, 1.807) is 0 Å². The Morgan fingerprint density at radius 2 is 2.12 bits per heavy atom. The first-order valence-electron chi connectivity index (χ1n) is 5.78. The second-order valence-electron chi connectivity index (χ2n) is 4.36. The molecule has 17 heavy (non-hydrogen) atoms. The molecule has 94 valence electrons. The zero-order valence-electron chi connectivity index (χ0n) is 10.5. The molecule has 0 bridgehead atoms. The first-order chi connectivity index (χ1) is 7.99. The Morgan fingerprint density at radius 1 is 1.41 bits per heavy atom. The molecule has 0 aliphatic carbocycles. The van der Waals surface area contributed by atoms with Gasteiger partial charge >= 0.3 is 0 Å². The molecule has 0 aliphatic rings. The van der Waals surface area contributed by atoms with E-state index in [2.05, 4.69) is 52.3 Å². The fraction of sp³-hybridized carbons (Fsp3) is 0.462. The summed E-state index contributed by atoms with van der Waals surface area (Å²) < 4.78 is 1.24. The molecule has 1 rings (SSSR count). The van der Waals surface area contributed by atoms with Crippen LogP contribution in [-0.4, -0.2) is 18.5 Å². The Kier molecular flexibility index (Phi) is 5.74. The van der Waals surface area contributed by atoms with Crippen molar-refractivity contribution in [1.82, 2.24) is 5.32 Å². The highest BCUT2D eigenvalue weighted by molar-refractivity contribution is 14.1. The van der Waals surface area contributed by atoms with E-state index in [1.807, 2.05) is 19.9 Å². The molecule has 0 atom stereocenters. The minimum Gasteiger partial charge on any atom is -0.384 e. The molecule has 1 aromatic carbocycles. The van der Waals surface area contributed by atoms with Crippen LogP contribution in [0.4, 0.5) is 5.69 Å². The number of amides is 1. The van der Waals surface area contributed by atoms with Gasteiger partial charge in [0.25, 0.3) is 0 Å². The average molecular weight is 346 g/mol. The summed E-state index contributed by atoms with van der Waals surface area (Å²) in [6.07, 6.45) is 0.503. The predicted octanol–water partition coefficient (Wildman–Crippen LogP) is 2.93. The lowest BCUT2D eigenvalue weighted by molar-refractivity contribution is -0.121. The maximum Gasteiger partial charge on any atom is 0.221 e. The van der Waals surface area contributed by atoms with E-state index < -0.39 is 0 Å². The van der Waals surface area contributed by atoms with Gasteiger partial charge in [-0.2, -0.15) is 0 Å². The zero-order chi connectivity index (χ0) is 12.8. The van der Waals surface area contributed by atoms with Crippen molar-refractivity contribution in [2.75, 3.05) is 11.9 Å². The van der Waals surface area contributed by atoms with E-state index in [-0.39, 0.29) is 11.9 Å². The van der Waals surface area contributed by atoms with Crippen molar-refractivity contribution in [2.24, 2.45) is 0 Å². The monoisotopic (exact) mass is 346 g/mol. The van der Waals surface area contributed by atoms with E-state index in [0.717, 1.165) is 5.69 Å². The Bertz CT molecular complexity index is 391. The highest BCUT2D eigenvalue weighted by Crippen LogP contribution is 2.16. The van der Waals surface area contributed by atoms with E-state index in [1.165, 1.54) is 9.13 Å². The van der Waals surface area contributed by atoms with Gasteiger partial charge in [0.05, 0.1) is 0 Å². The molecule has 0 radical (unpaired) electrons. The average Bonchev–Trinajstić information content (AvgIpc) is 2.22. The van der Waals surface area contributed by atoms with Gasteiger partial charge in [-0.05, 0) is 61.1 Å². The van der Waals surface area contributed by atoms with Crippen LogP contribution in [0.5, 0.6) is 0 Å². The Morgan fingerprint density at radius 3 is 2.71 bits per heavy atom. The molecule has 4 heteroatoms. The molecular weight excluding hydrogens is 327 g/mol. The molecule has 0 heterocycles. The number of halogens is 1. The molecule has 3 nitrogen and oxygen atoms in total. The minimum atomic E-state index is 0.0920. The second-order valence-corrected chi connectivity index (χ2v) is 5.53. The molecular formula is C13H19IN2O. The summed E-state index contributed by atoms with van der Waals surface area (Å²) in [6, 6.07) is 6.43. The molecule has 1 aromatic rings. The van der Waals surface area contributed by atoms with Gasteiger partial charge < -0.3 is 10.6 Å². The molecule has 0 saturated carbocycles. The SMILES string of the molecule is Cc1ccc(NCCC(=O)NC(C)C)cc1I. The highest BCUT2D eigenvalue weighted by atomic mass is 127. The van der Waals surface area contributed by atoms with Crippen molar-refractivity contribution < 1.29 is 4.79 Å². The third-order valence-corrected chi connectivity index (χ3v) is 3.46. The summed E-state index contributed by atoms with van der Waals surface area (Å²) in [5.41, 5.74) is 2.34. The lowest BCUT2D eigenvalue weighted by Crippen LogP contribution is -2.31. The molecule has 0 saturated heterocycles. The molecule has 0 unspecified atom stereocenters. The molecule has 2 N–H and O–H groups in total. The Hall–Kier alpha value is -0.780. The maximum absolute atomic E-state index is 11.4. The number of anilines is 1. The van der Waals surface area contributed by atoms with Crippen LogP contribution in [0.15, 0.2) is 18.2 Å².